The molecule has 0 bridgehead atoms. The van der Waals surface area contributed by atoms with Gasteiger partial charge in [0.25, 0.3) is 0 Å². The number of likely N-dealkylation sites (N-methyl/N-ethyl adjacent to an activating group) is 1. The quantitative estimate of drug-likeness (QED) is 0.867. The number of hydrogen-bond acceptors (Lipinski definition) is 2. The number of hydrogen-bond donors (Lipinski definition) is 1. The Morgan fingerprint density at radius 3 is 3.12 bits per heavy atom. The van der Waals surface area contributed by atoms with Gasteiger partial charge in [0.2, 0.25) is 0 Å². The third kappa shape index (κ3) is 3.70. The molecule has 1 fully saturated rings. The molecule has 1 N–H and O–H groups in total. The molecule has 1 atom stereocenters. The molecule has 0 radical (unpaired) electrons. The summed E-state index contributed by atoms with van der Waals surface area (Å²) in [5.41, 5.74) is 1.26. The van der Waals surface area contributed by atoms with Crippen LogP contribution in [0.2, 0.25) is 5.02 Å². The van der Waals surface area contributed by atoms with Crippen LogP contribution in [0.1, 0.15) is 25.3 Å². The fourth-order valence-corrected chi connectivity index (χ4v) is 2.79. The van der Waals surface area contributed by atoms with Gasteiger partial charge in [-0.2, -0.15) is 0 Å². The van der Waals surface area contributed by atoms with Crippen molar-refractivity contribution in [2.75, 3.05) is 19.6 Å². The molecule has 1 aliphatic rings. The molecule has 0 aromatic heterocycles. The van der Waals surface area contributed by atoms with E-state index in [1.807, 2.05) is 18.2 Å². The molecule has 0 amide bonds. The Balaban J connectivity index is 1.76. The van der Waals surface area contributed by atoms with Crippen molar-refractivity contribution in [3.8, 4) is 0 Å². The van der Waals surface area contributed by atoms with E-state index < -0.39 is 0 Å². The molecule has 1 aliphatic heterocycles. The molecule has 0 unspecified atom stereocenters. The highest BCUT2D eigenvalue weighted by atomic mass is 35.5. The first-order chi connectivity index (χ1) is 8.29. The highest BCUT2D eigenvalue weighted by Crippen LogP contribution is 2.16. The van der Waals surface area contributed by atoms with Gasteiger partial charge in [0, 0.05) is 24.2 Å². The van der Waals surface area contributed by atoms with Crippen molar-refractivity contribution < 1.29 is 0 Å². The van der Waals surface area contributed by atoms with Crippen molar-refractivity contribution in [3.05, 3.63) is 34.9 Å². The molecule has 0 aliphatic carbocycles. The lowest BCUT2D eigenvalue weighted by Gasteiger charge is -2.23. The molecule has 2 rings (SSSR count). The van der Waals surface area contributed by atoms with Gasteiger partial charge in [0.1, 0.15) is 0 Å². The smallest absolute Gasteiger partial charge is 0.0409 e. The van der Waals surface area contributed by atoms with Crippen molar-refractivity contribution in [2.24, 2.45) is 0 Å². The van der Waals surface area contributed by atoms with E-state index in [-0.39, 0.29) is 0 Å². The van der Waals surface area contributed by atoms with Crippen LogP contribution in [0, 0.1) is 0 Å². The molecular weight excluding hydrogens is 232 g/mol. The van der Waals surface area contributed by atoms with E-state index in [2.05, 4.69) is 23.2 Å². The molecule has 1 aromatic carbocycles. The van der Waals surface area contributed by atoms with Crippen LogP contribution in [-0.2, 0) is 6.54 Å². The van der Waals surface area contributed by atoms with Gasteiger partial charge >= 0.3 is 0 Å². The van der Waals surface area contributed by atoms with E-state index in [9.17, 15) is 0 Å². The van der Waals surface area contributed by atoms with E-state index in [0.29, 0.717) is 0 Å². The average molecular weight is 253 g/mol. The summed E-state index contributed by atoms with van der Waals surface area (Å²) in [4.78, 5) is 2.56. The first kappa shape index (κ1) is 12.9. The molecule has 1 aromatic rings. The SMILES string of the molecule is CCN1CCC[C@H]1CNCc1cccc(Cl)c1. The van der Waals surface area contributed by atoms with Gasteiger partial charge in [-0.3, -0.25) is 4.90 Å². The predicted molar refractivity (Wildman–Crippen MR) is 73.4 cm³/mol. The number of rotatable bonds is 5. The van der Waals surface area contributed by atoms with Crippen molar-refractivity contribution in [2.45, 2.75) is 32.4 Å². The Morgan fingerprint density at radius 2 is 2.35 bits per heavy atom. The van der Waals surface area contributed by atoms with Crippen molar-refractivity contribution in [3.63, 3.8) is 0 Å². The van der Waals surface area contributed by atoms with Gasteiger partial charge in [-0.1, -0.05) is 30.7 Å². The lowest BCUT2D eigenvalue weighted by Crippen LogP contribution is -2.37. The van der Waals surface area contributed by atoms with Gasteiger partial charge in [-0.25, -0.2) is 0 Å². The number of benzene rings is 1. The van der Waals surface area contributed by atoms with Crippen LogP contribution in [0.15, 0.2) is 24.3 Å². The molecule has 3 heteroatoms. The summed E-state index contributed by atoms with van der Waals surface area (Å²) in [6, 6.07) is 8.79. The van der Waals surface area contributed by atoms with Crippen molar-refractivity contribution in [1.82, 2.24) is 10.2 Å². The molecule has 1 heterocycles. The molecular formula is C14H21ClN2. The van der Waals surface area contributed by atoms with Gasteiger partial charge in [0.05, 0.1) is 0 Å². The standard InChI is InChI=1S/C14H21ClN2/c1-2-17-8-4-7-14(17)11-16-10-12-5-3-6-13(15)9-12/h3,5-6,9,14,16H,2,4,7-8,10-11H2,1H3/t14-/m0/s1. The van der Waals surface area contributed by atoms with Gasteiger partial charge in [-0.05, 0) is 43.6 Å². The van der Waals surface area contributed by atoms with E-state index in [0.717, 1.165) is 24.2 Å². The maximum atomic E-state index is 5.96. The summed E-state index contributed by atoms with van der Waals surface area (Å²) >= 11 is 5.96. The molecule has 94 valence electrons. The van der Waals surface area contributed by atoms with Crippen LogP contribution in [0.3, 0.4) is 0 Å². The van der Waals surface area contributed by atoms with E-state index in [1.165, 1.54) is 31.5 Å². The normalized spacial score (nSPS) is 20.9. The molecule has 0 spiro atoms. The van der Waals surface area contributed by atoms with Crippen LogP contribution >= 0.6 is 11.6 Å². The number of nitrogens with zero attached hydrogens (tertiary/aromatic N) is 1. The summed E-state index contributed by atoms with van der Waals surface area (Å²) in [7, 11) is 0. The minimum absolute atomic E-state index is 0.721. The second kappa shape index (κ2) is 6.39. The third-order valence-corrected chi connectivity index (χ3v) is 3.74. The predicted octanol–water partition coefficient (Wildman–Crippen LogP) is 2.91. The zero-order chi connectivity index (χ0) is 12.1. The fraction of sp³-hybridized carbons (Fsp3) is 0.571. The van der Waals surface area contributed by atoms with Crippen LogP contribution < -0.4 is 5.32 Å². The largest absolute Gasteiger partial charge is 0.311 e. The van der Waals surface area contributed by atoms with Gasteiger partial charge in [0.15, 0.2) is 0 Å². The molecule has 2 nitrogen and oxygen atoms in total. The lowest BCUT2D eigenvalue weighted by molar-refractivity contribution is 0.260. The maximum absolute atomic E-state index is 5.96. The average Bonchev–Trinajstić information content (AvgIpc) is 2.77. The minimum Gasteiger partial charge on any atom is -0.311 e. The first-order valence-corrected chi connectivity index (χ1v) is 6.86. The summed E-state index contributed by atoms with van der Waals surface area (Å²) in [6.07, 6.45) is 2.67. The number of halogens is 1. The van der Waals surface area contributed by atoms with Crippen molar-refractivity contribution in [1.29, 1.82) is 0 Å². The second-order valence-electron chi connectivity index (χ2n) is 4.69. The Morgan fingerprint density at radius 1 is 1.47 bits per heavy atom. The second-order valence-corrected chi connectivity index (χ2v) is 5.12. The van der Waals surface area contributed by atoms with E-state index >= 15 is 0 Å². The number of nitrogens with one attached hydrogen (secondary N) is 1. The Bertz CT molecular complexity index is 354. The fourth-order valence-electron chi connectivity index (χ4n) is 2.57. The summed E-state index contributed by atoms with van der Waals surface area (Å²) in [5.74, 6) is 0. The van der Waals surface area contributed by atoms with Crippen molar-refractivity contribution >= 4 is 11.6 Å². The highest BCUT2D eigenvalue weighted by Gasteiger charge is 2.21. The number of likely N-dealkylation sites (tertiary alicyclic amines) is 1. The van der Waals surface area contributed by atoms with E-state index in [4.69, 9.17) is 11.6 Å². The first-order valence-electron chi connectivity index (χ1n) is 6.49. The van der Waals surface area contributed by atoms with Crippen LogP contribution in [0.5, 0.6) is 0 Å². The molecule has 0 saturated carbocycles. The lowest BCUT2D eigenvalue weighted by atomic mass is 10.2. The Kier molecular flexibility index (Phi) is 4.84. The summed E-state index contributed by atoms with van der Waals surface area (Å²) in [5, 5.41) is 4.35. The maximum Gasteiger partial charge on any atom is 0.0409 e. The third-order valence-electron chi connectivity index (χ3n) is 3.50. The minimum atomic E-state index is 0.721. The van der Waals surface area contributed by atoms with Gasteiger partial charge < -0.3 is 5.32 Å². The molecule has 1 saturated heterocycles. The van der Waals surface area contributed by atoms with E-state index in [1.54, 1.807) is 0 Å². The van der Waals surface area contributed by atoms with Crippen LogP contribution in [-0.4, -0.2) is 30.6 Å². The zero-order valence-corrected chi connectivity index (χ0v) is 11.2. The Hall–Kier alpha value is -0.570. The van der Waals surface area contributed by atoms with Crippen LogP contribution in [0.4, 0.5) is 0 Å². The monoisotopic (exact) mass is 252 g/mol. The summed E-state index contributed by atoms with van der Waals surface area (Å²) in [6.45, 7) is 6.67. The summed E-state index contributed by atoms with van der Waals surface area (Å²) < 4.78 is 0. The topological polar surface area (TPSA) is 15.3 Å². The van der Waals surface area contributed by atoms with Gasteiger partial charge in [-0.15, -0.1) is 0 Å². The Labute approximate surface area is 109 Å². The zero-order valence-electron chi connectivity index (χ0n) is 10.5. The van der Waals surface area contributed by atoms with Crippen LogP contribution in [0.25, 0.3) is 0 Å². The highest BCUT2D eigenvalue weighted by molar-refractivity contribution is 6.30. The molecule has 17 heavy (non-hydrogen) atoms.